The van der Waals surface area contributed by atoms with Crippen molar-refractivity contribution in [3.8, 4) is 5.75 Å². The van der Waals surface area contributed by atoms with E-state index >= 15 is 0 Å². The molecule has 27 heavy (non-hydrogen) atoms. The zero-order valence-electron chi connectivity index (χ0n) is 17.2. The van der Waals surface area contributed by atoms with Crippen LogP contribution in [-0.4, -0.2) is 55.5 Å². The van der Waals surface area contributed by atoms with Gasteiger partial charge in [0.25, 0.3) is 0 Å². The quantitative estimate of drug-likeness (QED) is 0.682. The highest BCUT2D eigenvalue weighted by Crippen LogP contribution is 2.24. The van der Waals surface area contributed by atoms with E-state index in [1.807, 2.05) is 13.8 Å². The van der Waals surface area contributed by atoms with Crippen LogP contribution in [0.5, 0.6) is 5.75 Å². The lowest BCUT2D eigenvalue weighted by Gasteiger charge is -2.35. The second-order valence-corrected chi connectivity index (χ2v) is 7.83. The first-order valence-corrected chi connectivity index (χ1v) is 9.77. The fourth-order valence-corrected chi connectivity index (χ4v) is 3.66. The Labute approximate surface area is 162 Å². The number of carbonyl (C=O) groups is 2. The molecular formula is C21H33N3O3. The number of hydrogen-bond donors (Lipinski definition) is 2. The average molecular weight is 376 g/mol. The molecule has 0 unspecified atom stereocenters. The molecule has 1 saturated heterocycles. The van der Waals surface area contributed by atoms with Gasteiger partial charge < -0.3 is 15.4 Å². The summed E-state index contributed by atoms with van der Waals surface area (Å²) in [4.78, 5) is 26.6. The van der Waals surface area contributed by atoms with Crippen LogP contribution >= 0.6 is 0 Å². The van der Waals surface area contributed by atoms with E-state index in [2.05, 4.69) is 48.4 Å². The summed E-state index contributed by atoms with van der Waals surface area (Å²) < 4.78 is 5.85. The first-order valence-electron chi connectivity index (χ1n) is 9.77. The van der Waals surface area contributed by atoms with E-state index in [1.165, 1.54) is 5.56 Å². The van der Waals surface area contributed by atoms with Crippen molar-refractivity contribution in [3.63, 3.8) is 0 Å². The Morgan fingerprint density at radius 3 is 2.59 bits per heavy atom. The normalized spacial score (nSPS) is 17.7. The summed E-state index contributed by atoms with van der Waals surface area (Å²) in [7, 11) is 0. The maximum atomic E-state index is 12.3. The van der Waals surface area contributed by atoms with Crippen molar-refractivity contribution in [1.29, 1.82) is 0 Å². The molecule has 0 aliphatic carbocycles. The molecule has 1 heterocycles. The first kappa shape index (κ1) is 21.2. The molecule has 0 saturated carbocycles. The third kappa shape index (κ3) is 6.24. The highest BCUT2D eigenvalue weighted by Gasteiger charge is 2.31. The predicted molar refractivity (Wildman–Crippen MR) is 107 cm³/mol. The Morgan fingerprint density at radius 1 is 1.30 bits per heavy atom. The van der Waals surface area contributed by atoms with Crippen LogP contribution in [0.4, 0.5) is 0 Å². The summed E-state index contributed by atoms with van der Waals surface area (Å²) in [5, 5.41) is 5.74. The lowest BCUT2D eigenvalue weighted by atomic mass is 10.1. The summed E-state index contributed by atoms with van der Waals surface area (Å²) in [6.45, 7) is 13.4. The minimum atomic E-state index is -0.386. The molecule has 1 atom stereocenters. The molecule has 1 aromatic carbocycles. The van der Waals surface area contributed by atoms with Crippen molar-refractivity contribution in [2.24, 2.45) is 5.92 Å². The van der Waals surface area contributed by atoms with Crippen molar-refractivity contribution in [2.75, 3.05) is 32.8 Å². The minimum absolute atomic E-state index is 0.0563. The molecule has 1 aliphatic rings. The van der Waals surface area contributed by atoms with E-state index in [-0.39, 0.29) is 24.3 Å². The standard InChI is InChI=1S/C21H33N3O3/c1-14(2)13-24-8-6-23-21(26)18(24)12-19(25)22-7-9-27-20-16(4)10-15(3)11-17(20)5/h10-11,14,18H,6-9,12-13H2,1-5H3,(H,22,25)(H,23,26)/t18-/m1/s1. The summed E-state index contributed by atoms with van der Waals surface area (Å²) >= 11 is 0. The van der Waals surface area contributed by atoms with Gasteiger partial charge in [0.15, 0.2) is 0 Å². The Hall–Kier alpha value is -2.08. The molecule has 6 nitrogen and oxygen atoms in total. The smallest absolute Gasteiger partial charge is 0.237 e. The summed E-state index contributed by atoms with van der Waals surface area (Å²) in [6, 6.07) is 3.79. The van der Waals surface area contributed by atoms with E-state index in [0.717, 1.165) is 30.0 Å². The van der Waals surface area contributed by atoms with Gasteiger partial charge in [-0.05, 0) is 37.8 Å². The molecule has 1 aromatic rings. The SMILES string of the molecule is Cc1cc(C)c(OCCNC(=O)C[C@@H]2C(=O)NCCN2CC(C)C)c(C)c1. The molecule has 150 valence electrons. The predicted octanol–water partition coefficient (Wildman–Crippen LogP) is 1.95. The summed E-state index contributed by atoms with van der Waals surface area (Å²) in [5.41, 5.74) is 3.41. The Bertz CT molecular complexity index is 650. The fraction of sp³-hybridized carbons (Fsp3) is 0.619. The van der Waals surface area contributed by atoms with Crippen LogP contribution < -0.4 is 15.4 Å². The molecule has 0 aromatic heterocycles. The van der Waals surface area contributed by atoms with Crippen LogP contribution in [0, 0.1) is 26.7 Å². The number of amides is 2. The highest BCUT2D eigenvalue weighted by molar-refractivity contribution is 5.88. The molecule has 2 amide bonds. The second-order valence-electron chi connectivity index (χ2n) is 7.83. The number of carbonyl (C=O) groups excluding carboxylic acids is 2. The number of aryl methyl sites for hydroxylation is 3. The molecular weight excluding hydrogens is 342 g/mol. The van der Waals surface area contributed by atoms with Crippen molar-refractivity contribution >= 4 is 11.8 Å². The topological polar surface area (TPSA) is 70.7 Å². The van der Waals surface area contributed by atoms with Gasteiger partial charge in [0.2, 0.25) is 11.8 Å². The van der Waals surface area contributed by atoms with Gasteiger partial charge in [0.1, 0.15) is 12.4 Å². The zero-order chi connectivity index (χ0) is 20.0. The third-order valence-electron chi connectivity index (χ3n) is 4.70. The van der Waals surface area contributed by atoms with Crippen LogP contribution in [0.25, 0.3) is 0 Å². The lowest BCUT2D eigenvalue weighted by molar-refractivity contribution is -0.134. The molecule has 1 aliphatic heterocycles. The number of piperazine rings is 1. The van der Waals surface area contributed by atoms with Gasteiger partial charge in [-0.15, -0.1) is 0 Å². The van der Waals surface area contributed by atoms with Gasteiger partial charge in [-0.2, -0.15) is 0 Å². The largest absolute Gasteiger partial charge is 0.491 e. The van der Waals surface area contributed by atoms with Crippen LogP contribution in [0.15, 0.2) is 12.1 Å². The summed E-state index contributed by atoms with van der Waals surface area (Å²) in [5.74, 6) is 1.16. The van der Waals surface area contributed by atoms with Gasteiger partial charge in [-0.25, -0.2) is 0 Å². The van der Waals surface area contributed by atoms with Crippen molar-refractivity contribution in [2.45, 2.75) is 47.1 Å². The van der Waals surface area contributed by atoms with E-state index in [9.17, 15) is 9.59 Å². The number of ether oxygens (including phenoxy) is 1. The number of nitrogens with zero attached hydrogens (tertiary/aromatic N) is 1. The molecule has 6 heteroatoms. The summed E-state index contributed by atoms with van der Waals surface area (Å²) in [6.07, 6.45) is 0.182. The Kier molecular flexibility index (Phi) is 7.66. The van der Waals surface area contributed by atoms with Crippen LogP contribution in [0.3, 0.4) is 0 Å². The second kappa shape index (κ2) is 9.74. The minimum Gasteiger partial charge on any atom is -0.491 e. The molecule has 0 spiro atoms. The Balaban J connectivity index is 1.81. The van der Waals surface area contributed by atoms with E-state index in [1.54, 1.807) is 0 Å². The first-order chi connectivity index (χ1) is 12.8. The van der Waals surface area contributed by atoms with Crippen LogP contribution in [0.1, 0.15) is 37.0 Å². The zero-order valence-corrected chi connectivity index (χ0v) is 17.2. The molecule has 2 rings (SSSR count). The van der Waals surface area contributed by atoms with Gasteiger partial charge in [-0.3, -0.25) is 14.5 Å². The van der Waals surface area contributed by atoms with E-state index in [0.29, 0.717) is 25.6 Å². The monoisotopic (exact) mass is 375 g/mol. The van der Waals surface area contributed by atoms with Gasteiger partial charge in [0, 0.05) is 19.6 Å². The number of rotatable bonds is 8. The number of nitrogens with one attached hydrogen (secondary N) is 2. The molecule has 0 bridgehead atoms. The van der Waals surface area contributed by atoms with Crippen LogP contribution in [0.2, 0.25) is 0 Å². The van der Waals surface area contributed by atoms with E-state index < -0.39 is 0 Å². The van der Waals surface area contributed by atoms with Gasteiger partial charge in [0.05, 0.1) is 19.0 Å². The fourth-order valence-electron chi connectivity index (χ4n) is 3.66. The third-order valence-corrected chi connectivity index (χ3v) is 4.70. The lowest BCUT2D eigenvalue weighted by Crippen LogP contribution is -2.57. The van der Waals surface area contributed by atoms with Gasteiger partial charge in [-0.1, -0.05) is 31.5 Å². The van der Waals surface area contributed by atoms with Crippen molar-refractivity contribution in [1.82, 2.24) is 15.5 Å². The van der Waals surface area contributed by atoms with E-state index in [4.69, 9.17) is 4.74 Å². The average Bonchev–Trinajstić information content (AvgIpc) is 2.56. The van der Waals surface area contributed by atoms with Crippen molar-refractivity contribution in [3.05, 3.63) is 28.8 Å². The van der Waals surface area contributed by atoms with Crippen LogP contribution in [-0.2, 0) is 9.59 Å². The maximum absolute atomic E-state index is 12.3. The molecule has 2 N–H and O–H groups in total. The molecule has 0 radical (unpaired) electrons. The number of hydrogen-bond acceptors (Lipinski definition) is 4. The Morgan fingerprint density at radius 2 is 1.96 bits per heavy atom. The maximum Gasteiger partial charge on any atom is 0.237 e. The van der Waals surface area contributed by atoms with Crippen molar-refractivity contribution < 1.29 is 14.3 Å². The number of benzene rings is 1. The van der Waals surface area contributed by atoms with Gasteiger partial charge >= 0.3 is 0 Å². The molecule has 1 fully saturated rings. The highest BCUT2D eigenvalue weighted by atomic mass is 16.5.